The highest BCUT2D eigenvalue weighted by atomic mass is 16.1. The number of hydrogen-bond acceptors (Lipinski definition) is 2. The molecule has 0 aliphatic carbocycles. The zero-order valence-corrected chi connectivity index (χ0v) is 8.53. The molecule has 2 aromatic rings. The molecule has 2 rings (SSSR count). The van der Waals surface area contributed by atoms with Crippen molar-refractivity contribution in [3.05, 3.63) is 35.4 Å². The van der Waals surface area contributed by atoms with Crippen LogP contribution in [0.4, 0.5) is 0 Å². The number of aryl methyl sites for hydroxylation is 2. The van der Waals surface area contributed by atoms with E-state index in [-0.39, 0.29) is 5.78 Å². The summed E-state index contributed by atoms with van der Waals surface area (Å²) in [6.07, 6.45) is 0. The van der Waals surface area contributed by atoms with E-state index in [1.165, 1.54) is 0 Å². The maximum absolute atomic E-state index is 11.4. The molecule has 0 aliphatic heterocycles. The van der Waals surface area contributed by atoms with Crippen molar-refractivity contribution in [1.29, 1.82) is 0 Å². The molecule has 3 heteroatoms. The minimum Gasteiger partial charge on any atom is -0.293 e. The summed E-state index contributed by atoms with van der Waals surface area (Å²) in [6, 6.07) is 5.69. The largest absolute Gasteiger partial charge is 0.293 e. The van der Waals surface area contributed by atoms with Gasteiger partial charge in [-0.05, 0) is 26.0 Å². The van der Waals surface area contributed by atoms with Crippen molar-refractivity contribution in [3.8, 4) is 0 Å². The van der Waals surface area contributed by atoms with Crippen LogP contribution in [0, 0.1) is 13.8 Å². The van der Waals surface area contributed by atoms with E-state index in [0.29, 0.717) is 5.69 Å². The highest BCUT2D eigenvalue weighted by molar-refractivity contribution is 5.93. The molecule has 0 saturated heterocycles. The van der Waals surface area contributed by atoms with Crippen LogP contribution in [0.3, 0.4) is 0 Å². The molecule has 0 saturated carbocycles. The lowest BCUT2D eigenvalue weighted by molar-refractivity contribution is 0.101. The number of carbonyl (C=O) groups is 1. The molecule has 2 heterocycles. The van der Waals surface area contributed by atoms with E-state index in [1.54, 1.807) is 6.92 Å². The van der Waals surface area contributed by atoms with Crippen molar-refractivity contribution in [2.24, 2.45) is 0 Å². The van der Waals surface area contributed by atoms with E-state index >= 15 is 0 Å². The number of nitrogens with zero attached hydrogens (tertiary/aromatic N) is 2. The maximum Gasteiger partial charge on any atom is 0.176 e. The average Bonchev–Trinajstić information content (AvgIpc) is 2.43. The van der Waals surface area contributed by atoms with Crippen molar-refractivity contribution in [2.75, 3.05) is 0 Å². The Labute approximate surface area is 82.4 Å². The van der Waals surface area contributed by atoms with Crippen molar-refractivity contribution < 1.29 is 4.79 Å². The molecule has 0 spiro atoms. The number of Topliss-reactive ketones (excluding diaryl/α,β-unsaturated/α-hetero) is 1. The summed E-state index contributed by atoms with van der Waals surface area (Å²) in [5, 5.41) is 0. The summed E-state index contributed by atoms with van der Waals surface area (Å²) < 4.78 is 1.90. The molecule has 14 heavy (non-hydrogen) atoms. The minimum atomic E-state index is 0.0658. The molecule has 0 atom stereocenters. The summed E-state index contributed by atoms with van der Waals surface area (Å²) in [4.78, 5) is 15.7. The van der Waals surface area contributed by atoms with Gasteiger partial charge >= 0.3 is 0 Å². The van der Waals surface area contributed by atoms with Gasteiger partial charge in [0, 0.05) is 6.92 Å². The summed E-state index contributed by atoms with van der Waals surface area (Å²) >= 11 is 0. The van der Waals surface area contributed by atoms with E-state index in [0.717, 1.165) is 17.0 Å². The third kappa shape index (κ3) is 1.13. The molecule has 0 unspecified atom stereocenters. The molecule has 0 amide bonds. The van der Waals surface area contributed by atoms with Gasteiger partial charge in [0.1, 0.15) is 5.82 Å². The molecule has 0 aromatic carbocycles. The van der Waals surface area contributed by atoms with Crippen LogP contribution in [0.1, 0.15) is 28.9 Å². The Hall–Kier alpha value is -1.64. The predicted molar refractivity (Wildman–Crippen MR) is 54.7 cm³/mol. The van der Waals surface area contributed by atoms with Crippen molar-refractivity contribution >= 4 is 11.3 Å². The van der Waals surface area contributed by atoms with E-state index in [1.807, 2.05) is 36.4 Å². The monoisotopic (exact) mass is 188 g/mol. The van der Waals surface area contributed by atoms with Gasteiger partial charge < -0.3 is 0 Å². The Balaban J connectivity index is 2.92. The van der Waals surface area contributed by atoms with Gasteiger partial charge in [0.25, 0.3) is 0 Å². The lowest BCUT2D eigenvalue weighted by Gasteiger charge is -2.02. The number of ketones is 1. The van der Waals surface area contributed by atoms with Gasteiger partial charge in [-0.15, -0.1) is 0 Å². The number of fused-ring (bicyclic) bond motifs is 1. The van der Waals surface area contributed by atoms with Gasteiger partial charge in [-0.3, -0.25) is 9.20 Å². The minimum absolute atomic E-state index is 0.0658. The van der Waals surface area contributed by atoms with E-state index in [2.05, 4.69) is 4.98 Å². The van der Waals surface area contributed by atoms with Crippen LogP contribution in [-0.4, -0.2) is 15.2 Å². The lowest BCUT2D eigenvalue weighted by Crippen LogP contribution is -2.03. The second kappa shape index (κ2) is 2.94. The molecule has 72 valence electrons. The van der Waals surface area contributed by atoms with Gasteiger partial charge in [-0.1, -0.05) is 6.07 Å². The Morgan fingerprint density at radius 2 is 2.07 bits per heavy atom. The Morgan fingerprint density at radius 1 is 1.36 bits per heavy atom. The number of aromatic nitrogens is 2. The fourth-order valence-corrected chi connectivity index (χ4v) is 1.77. The summed E-state index contributed by atoms with van der Waals surface area (Å²) in [5.41, 5.74) is 2.67. The number of imidazole rings is 1. The second-order valence-corrected chi connectivity index (χ2v) is 3.43. The number of carbonyl (C=O) groups excluding carboxylic acids is 1. The standard InChI is InChI=1S/C11H12N2O/c1-7-10-5-4-6-11(8(2)14)13(10)9(3)12-7/h4-6H,1-3H3. The first kappa shape index (κ1) is 8.94. The number of pyridine rings is 1. The SMILES string of the molecule is CC(=O)c1cccc2c(C)nc(C)n12. The van der Waals surface area contributed by atoms with E-state index in [9.17, 15) is 4.79 Å². The first-order chi connectivity index (χ1) is 6.61. The lowest BCUT2D eigenvalue weighted by atomic mass is 10.2. The molecule has 0 fully saturated rings. The highest BCUT2D eigenvalue weighted by Gasteiger charge is 2.09. The van der Waals surface area contributed by atoms with Gasteiger partial charge in [-0.25, -0.2) is 4.98 Å². The van der Waals surface area contributed by atoms with Crippen LogP contribution < -0.4 is 0 Å². The van der Waals surface area contributed by atoms with E-state index < -0.39 is 0 Å². The zero-order chi connectivity index (χ0) is 10.3. The van der Waals surface area contributed by atoms with Gasteiger partial charge in [0.2, 0.25) is 0 Å². The quantitative estimate of drug-likeness (QED) is 0.642. The Bertz CT molecular complexity index is 511. The number of rotatable bonds is 1. The fourth-order valence-electron chi connectivity index (χ4n) is 1.77. The first-order valence-electron chi connectivity index (χ1n) is 4.57. The van der Waals surface area contributed by atoms with Crippen molar-refractivity contribution in [3.63, 3.8) is 0 Å². The molecule has 3 nitrogen and oxygen atoms in total. The smallest absolute Gasteiger partial charge is 0.176 e. The fraction of sp³-hybridized carbons (Fsp3) is 0.273. The molecule has 0 N–H and O–H groups in total. The normalized spacial score (nSPS) is 10.8. The topological polar surface area (TPSA) is 34.4 Å². The van der Waals surface area contributed by atoms with Crippen LogP contribution in [0.2, 0.25) is 0 Å². The molecule has 0 radical (unpaired) electrons. The molecule has 2 aromatic heterocycles. The maximum atomic E-state index is 11.4. The zero-order valence-electron chi connectivity index (χ0n) is 8.53. The predicted octanol–water partition coefficient (Wildman–Crippen LogP) is 2.15. The number of hydrogen-bond donors (Lipinski definition) is 0. The highest BCUT2D eigenvalue weighted by Crippen LogP contribution is 2.14. The van der Waals surface area contributed by atoms with Crippen LogP contribution in [0.15, 0.2) is 18.2 Å². The van der Waals surface area contributed by atoms with Crippen LogP contribution in [0.25, 0.3) is 5.52 Å². The third-order valence-corrected chi connectivity index (χ3v) is 2.37. The van der Waals surface area contributed by atoms with Gasteiger partial charge in [0.05, 0.1) is 16.9 Å². The summed E-state index contributed by atoms with van der Waals surface area (Å²) in [5.74, 6) is 0.930. The Kier molecular flexibility index (Phi) is 1.88. The average molecular weight is 188 g/mol. The molecular formula is C11H12N2O. The van der Waals surface area contributed by atoms with Gasteiger partial charge in [0.15, 0.2) is 5.78 Å². The van der Waals surface area contributed by atoms with Gasteiger partial charge in [-0.2, -0.15) is 0 Å². The van der Waals surface area contributed by atoms with Crippen molar-refractivity contribution in [1.82, 2.24) is 9.38 Å². The van der Waals surface area contributed by atoms with Crippen LogP contribution >= 0.6 is 0 Å². The summed E-state index contributed by atoms with van der Waals surface area (Å²) in [7, 11) is 0. The Morgan fingerprint density at radius 3 is 2.71 bits per heavy atom. The first-order valence-corrected chi connectivity index (χ1v) is 4.57. The molecular weight excluding hydrogens is 176 g/mol. The van der Waals surface area contributed by atoms with Crippen LogP contribution in [0.5, 0.6) is 0 Å². The van der Waals surface area contributed by atoms with Crippen molar-refractivity contribution in [2.45, 2.75) is 20.8 Å². The second-order valence-electron chi connectivity index (χ2n) is 3.43. The third-order valence-electron chi connectivity index (χ3n) is 2.37. The molecule has 0 bridgehead atoms. The van der Waals surface area contributed by atoms with Crippen LogP contribution in [-0.2, 0) is 0 Å². The summed E-state index contributed by atoms with van der Waals surface area (Å²) in [6.45, 7) is 5.43. The molecule has 0 aliphatic rings. The van der Waals surface area contributed by atoms with E-state index in [4.69, 9.17) is 0 Å².